The van der Waals surface area contributed by atoms with Gasteiger partial charge in [0.1, 0.15) is 6.61 Å². The summed E-state index contributed by atoms with van der Waals surface area (Å²) >= 11 is 0. The van der Waals surface area contributed by atoms with Crippen molar-refractivity contribution in [3.63, 3.8) is 0 Å². The van der Waals surface area contributed by atoms with Crippen LogP contribution < -0.4 is 5.43 Å². The number of nitro groups is 1. The van der Waals surface area contributed by atoms with Crippen LogP contribution in [0.2, 0.25) is 0 Å². The second kappa shape index (κ2) is 9.71. The van der Waals surface area contributed by atoms with E-state index in [0.717, 1.165) is 27.9 Å². The highest BCUT2D eigenvalue weighted by Gasteiger charge is 2.14. The fraction of sp³-hybridized carbons (Fsp3) is 0.160. The van der Waals surface area contributed by atoms with Crippen LogP contribution in [0.5, 0.6) is 0 Å². The van der Waals surface area contributed by atoms with Crippen LogP contribution in [-0.4, -0.2) is 11.5 Å². The third kappa shape index (κ3) is 6.27. The van der Waals surface area contributed by atoms with Crippen molar-refractivity contribution in [3.05, 3.63) is 121 Å². The molecule has 0 spiro atoms. The van der Waals surface area contributed by atoms with E-state index in [2.05, 4.69) is 12.2 Å². The first-order valence-corrected chi connectivity index (χ1v) is 9.74. The van der Waals surface area contributed by atoms with Crippen molar-refractivity contribution in [2.75, 3.05) is 6.61 Å². The summed E-state index contributed by atoms with van der Waals surface area (Å²) in [5, 5.41) is 10.8. The Kier molecular flexibility index (Phi) is 6.82. The van der Waals surface area contributed by atoms with Crippen molar-refractivity contribution < 1.29 is 14.1 Å². The highest BCUT2D eigenvalue weighted by Crippen LogP contribution is 2.25. The Morgan fingerprint density at radius 2 is 1.74 bits per heavy atom. The minimum atomic E-state index is -0.407. The highest BCUT2D eigenvalue weighted by molar-refractivity contribution is 5.62. The summed E-state index contributed by atoms with van der Waals surface area (Å²) in [6.45, 7) is 6.43. The quantitative estimate of drug-likeness (QED) is 0.335. The average Bonchev–Trinajstić information content (AvgIpc) is 3.16. The molecule has 0 aliphatic carbocycles. The van der Waals surface area contributed by atoms with Gasteiger partial charge in [-0.3, -0.25) is 14.9 Å². The number of nitrogens with zero attached hydrogens (tertiary/aromatic N) is 1. The summed E-state index contributed by atoms with van der Waals surface area (Å²) in [7, 11) is 0. The maximum absolute atomic E-state index is 11.5. The van der Waals surface area contributed by atoms with Crippen molar-refractivity contribution in [1.82, 2.24) is 0 Å². The molecule has 0 unspecified atom stereocenters. The van der Waals surface area contributed by atoms with Crippen molar-refractivity contribution in [3.8, 4) is 0 Å². The lowest BCUT2D eigenvalue weighted by atomic mass is 10.1. The van der Waals surface area contributed by atoms with E-state index in [1.54, 1.807) is 12.1 Å². The van der Waals surface area contributed by atoms with Gasteiger partial charge in [0.2, 0.25) is 0 Å². The largest absolute Gasteiger partial charge is 0.485 e. The van der Waals surface area contributed by atoms with Crippen LogP contribution >= 0.6 is 0 Å². The molecule has 0 amide bonds. The molecule has 1 aliphatic rings. The van der Waals surface area contributed by atoms with E-state index < -0.39 is 4.92 Å². The summed E-state index contributed by atoms with van der Waals surface area (Å²) in [5.74, 6) is 0.964. The molecule has 2 heterocycles. The summed E-state index contributed by atoms with van der Waals surface area (Å²) in [5.41, 5.74) is 5.01. The van der Waals surface area contributed by atoms with Crippen LogP contribution in [0, 0.1) is 10.1 Å². The molecular formula is C25H23NO5. The zero-order chi connectivity index (χ0) is 22.4. The molecule has 6 nitrogen and oxygen atoms in total. The lowest BCUT2D eigenvalue weighted by Crippen LogP contribution is -1.97. The highest BCUT2D eigenvalue weighted by atomic mass is 16.6. The van der Waals surface area contributed by atoms with Gasteiger partial charge in [-0.25, -0.2) is 0 Å². The number of benzene rings is 1. The van der Waals surface area contributed by atoms with Crippen LogP contribution in [0.3, 0.4) is 0 Å². The predicted octanol–water partition coefficient (Wildman–Crippen LogP) is 5.84. The third-order valence-corrected chi connectivity index (χ3v) is 4.48. The van der Waals surface area contributed by atoms with Gasteiger partial charge in [-0.2, -0.15) is 0 Å². The van der Waals surface area contributed by atoms with Gasteiger partial charge >= 0.3 is 0 Å². The van der Waals surface area contributed by atoms with E-state index in [1.807, 2.05) is 39.0 Å². The maximum atomic E-state index is 11.5. The van der Waals surface area contributed by atoms with Gasteiger partial charge in [0.25, 0.3) is 5.69 Å². The molecule has 0 fully saturated rings. The molecule has 158 valence electrons. The normalized spacial score (nSPS) is 16.3. The zero-order valence-corrected chi connectivity index (χ0v) is 17.6. The maximum Gasteiger partial charge on any atom is 0.269 e. The second-order valence-electron chi connectivity index (χ2n) is 7.36. The fourth-order valence-corrected chi connectivity index (χ4v) is 3.24. The van der Waals surface area contributed by atoms with Gasteiger partial charge in [0, 0.05) is 24.3 Å². The summed E-state index contributed by atoms with van der Waals surface area (Å²) < 4.78 is 11.0. The van der Waals surface area contributed by atoms with Gasteiger partial charge < -0.3 is 9.15 Å². The Balaban J connectivity index is 1.71. The fourth-order valence-electron chi connectivity index (χ4n) is 3.24. The molecule has 0 saturated heterocycles. The standard InChI is InChI=1S/C25H23NO5/c1-17(10-18(2)12-20-4-6-22(7-5-20)26(28)29)11-19(3)13-21-14-24(31-16-21)25-15-23(27)8-9-30-25/h4-15H,16H2,1-3H3/b17-10+,18-12+,19-11+,21-13-. The molecule has 0 bridgehead atoms. The molecule has 0 atom stereocenters. The van der Waals surface area contributed by atoms with E-state index in [9.17, 15) is 14.9 Å². The Morgan fingerprint density at radius 3 is 2.42 bits per heavy atom. The van der Waals surface area contributed by atoms with E-state index >= 15 is 0 Å². The predicted molar refractivity (Wildman–Crippen MR) is 121 cm³/mol. The number of rotatable bonds is 6. The first-order chi connectivity index (χ1) is 14.8. The lowest BCUT2D eigenvalue weighted by Gasteiger charge is -2.00. The van der Waals surface area contributed by atoms with Gasteiger partial charge in [0.15, 0.2) is 16.9 Å². The number of non-ortho nitro benzene ring substituents is 1. The summed E-state index contributed by atoms with van der Waals surface area (Å²) in [6, 6.07) is 9.22. The van der Waals surface area contributed by atoms with Crippen LogP contribution in [0.25, 0.3) is 11.8 Å². The van der Waals surface area contributed by atoms with E-state index in [-0.39, 0.29) is 11.1 Å². The molecule has 0 saturated carbocycles. The summed E-state index contributed by atoms with van der Waals surface area (Å²) in [6.07, 6.45) is 11.3. The average molecular weight is 417 g/mol. The summed E-state index contributed by atoms with van der Waals surface area (Å²) in [4.78, 5) is 21.8. The number of hydrogen-bond acceptors (Lipinski definition) is 5. The number of hydrogen-bond donors (Lipinski definition) is 0. The smallest absolute Gasteiger partial charge is 0.269 e. The third-order valence-electron chi connectivity index (χ3n) is 4.48. The first kappa shape index (κ1) is 21.8. The Bertz CT molecular complexity index is 1190. The molecule has 0 radical (unpaired) electrons. The van der Waals surface area contributed by atoms with Crippen molar-refractivity contribution in [1.29, 1.82) is 0 Å². The topological polar surface area (TPSA) is 82.6 Å². The Morgan fingerprint density at radius 1 is 1.03 bits per heavy atom. The molecule has 0 N–H and O–H groups in total. The first-order valence-electron chi connectivity index (χ1n) is 9.74. The van der Waals surface area contributed by atoms with Crippen LogP contribution in [0.15, 0.2) is 98.5 Å². The molecule has 31 heavy (non-hydrogen) atoms. The van der Waals surface area contributed by atoms with Crippen LogP contribution in [0.1, 0.15) is 32.1 Å². The lowest BCUT2D eigenvalue weighted by molar-refractivity contribution is -0.384. The molecule has 6 heteroatoms. The minimum Gasteiger partial charge on any atom is -0.485 e. The Labute approximate surface area is 180 Å². The second-order valence-corrected chi connectivity index (χ2v) is 7.36. The molecule has 2 aromatic rings. The van der Waals surface area contributed by atoms with Gasteiger partial charge in [-0.05, 0) is 50.1 Å². The van der Waals surface area contributed by atoms with Crippen molar-refractivity contribution in [2.24, 2.45) is 0 Å². The number of allylic oxidation sites excluding steroid dienone is 6. The SMILES string of the molecule is CC(/C=C1/C=C(c2cc(=O)cco2)OC1)=C\C(C)=C\C(C)=C\c1ccc([N+](=O)[O-])cc1. The van der Waals surface area contributed by atoms with Gasteiger partial charge in [-0.15, -0.1) is 0 Å². The van der Waals surface area contributed by atoms with Gasteiger partial charge in [-0.1, -0.05) is 41.0 Å². The van der Waals surface area contributed by atoms with E-state index in [0.29, 0.717) is 18.1 Å². The number of nitro benzene ring substituents is 1. The van der Waals surface area contributed by atoms with Crippen LogP contribution in [0.4, 0.5) is 5.69 Å². The van der Waals surface area contributed by atoms with Gasteiger partial charge in [0.05, 0.1) is 11.2 Å². The zero-order valence-electron chi connectivity index (χ0n) is 17.6. The Hall–Kier alpha value is -3.93. The minimum absolute atomic E-state index is 0.0793. The molecular weight excluding hydrogens is 394 g/mol. The monoisotopic (exact) mass is 417 g/mol. The van der Waals surface area contributed by atoms with E-state index in [4.69, 9.17) is 9.15 Å². The molecule has 1 aliphatic heterocycles. The van der Waals surface area contributed by atoms with Crippen LogP contribution in [-0.2, 0) is 4.74 Å². The van der Waals surface area contributed by atoms with Crippen molar-refractivity contribution in [2.45, 2.75) is 20.8 Å². The molecule has 1 aromatic carbocycles. The molecule has 1 aromatic heterocycles. The number of ether oxygens (including phenoxy) is 1. The molecule has 3 rings (SSSR count). The van der Waals surface area contributed by atoms with Crippen molar-refractivity contribution >= 4 is 17.5 Å². The van der Waals surface area contributed by atoms with E-state index in [1.165, 1.54) is 30.5 Å².